The Labute approximate surface area is 191 Å². The first kappa shape index (κ1) is 21.4. The third-order valence-corrected chi connectivity index (χ3v) is 5.14. The number of halogens is 3. The van der Waals surface area contributed by atoms with Crippen molar-refractivity contribution in [3.63, 3.8) is 0 Å². The molecule has 11 heteroatoms. The molecule has 5 rings (SSSR count). The van der Waals surface area contributed by atoms with Crippen LogP contribution in [0.2, 0.25) is 0 Å². The Morgan fingerprint density at radius 1 is 1.06 bits per heavy atom. The van der Waals surface area contributed by atoms with E-state index in [1.165, 1.54) is 16.8 Å². The van der Waals surface area contributed by atoms with Gasteiger partial charge in [0.15, 0.2) is 5.65 Å². The fourth-order valence-corrected chi connectivity index (χ4v) is 3.57. The molecule has 3 aromatic heterocycles. The van der Waals surface area contributed by atoms with E-state index in [2.05, 4.69) is 25.4 Å². The molecule has 1 N–H and O–H groups in total. The van der Waals surface area contributed by atoms with Gasteiger partial charge in [0.05, 0.1) is 30.4 Å². The van der Waals surface area contributed by atoms with Gasteiger partial charge >= 0.3 is 6.18 Å². The number of aryl methyl sites for hydroxylation is 1. The second-order valence-corrected chi connectivity index (χ2v) is 7.49. The molecule has 8 nitrogen and oxygen atoms in total. The van der Waals surface area contributed by atoms with E-state index in [1.807, 2.05) is 29.8 Å². The van der Waals surface area contributed by atoms with Crippen molar-refractivity contribution in [1.29, 1.82) is 0 Å². The van der Waals surface area contributed by atoms with Crippen LogP contribution in [-0.4, -0.2) is 36.2 Å². The molecule has 0 bridgehead atoms. The van der Waals surface area contributed by atoms with Crippen molar-refractivity contribution in [3.8, 4) is 22.7 Å². The molecule has 0 amide bonds. The second kappa shape index (κ2) is 8.18. The van der Waals surface area contributed by atoms with E-state index >= 15 is 0 Å². The van der Waals surface area contributed by atoms with Crippen molar-refractivity contribution in [3.05, 3.63) is 78.6 Å². The molecular weight excluding hydrogens is 447 g/mol. The molecule has 0 unspecified atom stereocenters. The van der Waals surface area contributed by atoms with Crippen LogP contribution in [0.1, 0.15) is 11.3 Å². The fourth-order valence-electron chi connectivity index (χ4n) is 3.57. The lowest BCUT2D eigenvalue weighted by Gasteiger charge is -2.11. The quantitative estimate of drug-likeness (QED) is 0.391. The highest BCUT2D eigenvalue weighted by molar-refractivity contribution is 5.75. The van der Waals surface area contributed by atoms with Gasteiger partial charge in [-0.2, -0.15) is 18.2 Å². The van der Waals surface area contributed by atoms with Gasteiger partial charge in [0.1, 0.15) is 11.4 Å². The van der Waals surface area contributed by atoms with Gasteiger partial charge in [-0.05, 0) is 31.2 Å². The number of methoxy groups -OCH3 is 1. The van der Waals surface area contributed by atoms with Crippen LogP contribution < -0.4 is 10.1 Å². The van der Waals surface area contributed by atoms with Crippen molar-refractivity contribution in [2.45, 2.75) is 13.1 Å². The van der Waals surface area contributed by atoms with Crippen molar-refractivity contribution in [2.24, 2.45) is 0 Å². The molecule has 0 saturated heterocycles. The number of hydrogen-bond acceptors (Lipinski definition) is 6. The van der Waals surface area contributed by atoms with Gasteiger partial charge < -0.3 is 14.6 Å². The monoisotopic (exact) mass is 465 g/mol. The molecule has 2 aromatic carbocycles. The molecule has 0 aliphatic heterocycles. The Balaban J connectivity index is 1.48. The van der Waals surface area contributed by atoms with Crippen LogP contribution >= 0.6 is 0 Å². The lowest BCUT2D eigenvalue weighted by Crippen LogP contribution is -2.04. The van der Waals surface area contributed by atoms with Crippen LogP contribution in [0.25, 0.3) is 22.6 Å². The first-order valence-electron chi connectivity index (χ1n) is 10.2. The van der Waals surface area contributed by atoms with Crippen molar-refractivity contribution in [1.82, 2.24) is 29.1 Å². The predicted octanol–water partition coefficient (Wildman–Crippen LogP) is 5.06. The topological polar surface area (TPSA) is 82.2 Å². The summed E-state index contributed by atoms with van der Waals surface area (Å²) < 4.78 is 48.3. The summed E-state index contributed by atoms with van der Waals surface area (Å²) in [6.07, 6.45) is 2.17. The average Bonchev–Trinajstić information content (AvgIpc) is 3.44. The number of ether oxygens (including phenoxy) is 1. The molecule has 0 aliphatic rings. The highest BCUT2D eigenvalue weighted by Crippen LogP contribution is 2.33. The number of imidazole rings is 1. The molecule has 5 aromatic rings. The molecule has 0 aliphatic carbocycles. The third-order valence-electron chi connectivity index (χ3n) is 5.14. The van der Waals surface area contributed by atoms with E-state index < -0.39 is 11.7 Å². The Kier molecular flexibility index (Phi) is 5.16. The Hall–Kier alpha value is -4.41. The van der Waals surface area contributed by atoms with E-state index in [-0.39, 0.29) is 11.6 Å². The zero-order valence-electron chi connectivity index (χ0n) is 18.1. The van der Waals surface area contributed by atoms with Gasteiger partial charge in [0.2, 0.25) is 5.95 Å². The van der Waals surface area contributed by atoms with Gasteiger partial charge in [-0.15, -0.1) is 5.10 Å². The summed E-state index contributed by atoms with van der Waals surface area (Å²) in [7, 11) is 1.57. The molecule has 0 fully saturated rings. The summed E-state index contributed by atoms with van der Waals surface area (Å²) in [5.41, 5.74) is 2.50. The number of nitrogens with one attached hydrogen (secondary N) is 1. The summed E-state index contributed by atoms with van der Waals surface area (Å²) in [6, 6.07) is 10.5. The Bertz CT molecular complexity index is 1490. The molecule has 0 spiro atoms. The summed E-state index contributed by atoms with van der Waals surface area (Å²) >= 11 is 0. The van der Waals surface area contributed by atoms with Crippen molar-refractivity contribution < 1.29 is 17.9 Å². The zero-order valence-corrected chi connectivity index (χ0v) is 18.1. The number of alkyl halides is 3. The maximum Gasteiger partial charge on any atom is 0.416 e. The number of hydrogen-bond donors (Lipinski definition) is 1. The first-order valence-corrected chi connectivity index (χ1v) is 10.2. The smallest absolute Gasteiger partial charge is 0.416 e. The predicted molar refractivity (Wildman–Crippen MR) is 119 cm³/mol. The van der Waals surface area contributed by atoms with E-state index in [4.69, 9.17) is 4.74 Å². The molecule has 0 radical (unpaired) electrons. The average molecular weight is 465 g/mol. The number of fused-ring (bicyclic) bond motifs is 1. The minimum atomic E-state index is -4.46. The maximum atomic E-state index is 13.2. The van der Waals surface area contributed by atoms with Crippen LogP contribution in [0.3, 0.4) is 0 Å². The molecule has 34 heavy (non-hydrogen) atoms. The van der Waals surface area contributed by atoms with Crippen LogP contribution in [0.5, 0.6) is 5.75 Å². The van der Waals surface area contributed by atoms with Crippen LogP contribution in [0.15, 0.2) is 67.4 Å². The second-order valence-electron chi connectivity index (χ2n) is 7.49. The van der Waals surface area contributed by atoms with Gasteiger partial charge in [0.25, 0.3) is 0 Å². The van der Waals surface area contributed by atoms with E-state index in [0.29, 0.717) is 22.6 Å². The largest absolute Gasteiger partial charge is 0.494 e. The molecule has 0 atom stereocenters. The van der Waals surface area contributed by atoms with E-state index in [1.54, 1.807) is 31.8 Å². The van der Waals surface area contributed by atoms with Crippen LogP contribution in [0.4, 0.5) is 24.8 Å². The van der Waals surface area contributed by atoms with E-state index in [9.17, 15) is 13.2 Å². The molecule has 0 saturated carbocycles. The van der Waals surface area contributed by atoms with Gasteiger partial charge in [-0.1, -0.05) is 12.1 Å². The van der Waals surface area contributed by atoms with Crippen molar-refractivity contribution >= 4 is 17.3 Å². The fraction of sp³-hybridized carbons (Fsp3) is 0.130. The lowest BCUT2D eigenvalue weighted by atomic mass is 10.1. The zero-order chi connectivity index (χ0) is 23.9. The highest BCUT2D eigenvalue weighted by Gasteiger charge is 2.30. The minimum Gasteiger partial charge on any atom is -0.494 e. The Morgan fingerprint density at radius 2 is 1.91 bits per heavy atom. The summed E-state index contributed by atoms with van der Waals surface area (Å²) in [5.74, 6) is 0.868. The number of nitrogens with zero attached hydrogens (tertiary/aromatic N) is 6. The van der Waals surface area contributed by atoms with Crippen LogP contribution in [-0.2, 0) is 6.18 Å². The lowest BCUT2D eigenvalue weighted by molar-refractivity contribution is -0.137. The van der Waals surface area contributed by atoms with Gasteiger partial charge in [0, 0.05) is 35.9 Å². The summed E-state index contributed by atoms with van der Waals surface area (Å²) in [5, 5.41) is 7.49. The first-order chi connectivity index (χ1) is 16.3. The number of aromatic nitrogens is 6. The molecule has 172 valence electrons. The SMILES string of the molecule is COc1cc(Nc2nc3c(-c4cccc(C(F)(F)F)c4)nccn3n2)ccc1-n1cnc(C)c1. The Morgan fingerprint density at radius 3 is 2.65 bits per heavy atom. The van der Waals surface area contributed by atoms with Crippen molar-refractivity contribution in [2.75, 3.05) is 12.4 Å². The van der Waals surface area contributed by atoms with Crippen LogP contribution in [0, 0.1) is 6.92 Å². The normalized spacial score (nSPS) is 11.7. The molecular formula is C23H18F3N7O. The number of anilines is 2. The number of benzene rings is 2. The van der Waals surface area contributed by atoms with Gasteiger partial charge in [-0.25, -0.2) is 9.50 Å². The van der Waals surface area contributed by atoms with Gasteiger partial charge in [-0.3, -0.25) is 4.98 Å². The molecule has 3 heterocycles. The summed E-state index contributed by atoms with van der Waals surface area (Å²) in [4.78, 5) is 12.9. The van der Waals surface area contributed by atoms with E-state index in [0.717, 1.165) is 23.5 Å². The minimum absolute atomic E-state index is 0.259. The third kappa shape index (κ3) is 4.03. The highest BCUT2D eigenvalue weighted by atomic mass is 19.4. The maximum absolute atomic E-state index is 13.2. The standard InChI is InChI=1S/C23H18F3N7O/c1-14-12-32(13-28-14)18-7-6-17(11-19(18)34-2)29-22-30-21-20(27-8-9-33(21)31-22)15-4-3-5-16(10-15)23(24,25)26/h3-13H,1-2H3,(H,29,31). The summed E-state index contributed by atoms with van der Waals surface area (Å²) in [6.45, 7) is 1.90. The number of rotatable bonds is 5.